The highest BCUT2D eigenvalue weighted by molar-refractivity contribution is 5.95. The summed E-state index contributed by atoms with van der Waals surface area (Å²) in [5.74, 6) is 1.12. The molecule has 130 valence electrons. The Morgan fingerprint density at radius 2 is 1.83 bits per heavy atom. The number of anilines is 1. The average molecular weight is 337 g/mol. The van der Waals surface area contributed by atoms with E-state index in [0.29, 0.717) is 11.8 Å². The van der Waals surface area contributed by atoms with E-state index in [-0.39, 0.29) is 22.4 Å². The van der Waals surface area contributed by atoms with Gasteiger partial charge in [-0.3, -0.25) is 4.79 Å². The van der Waals surface area contributed by atoms with Crippen LogP contribution >= 0.6 is 0 Å². The maximum atomic E-state index is 13.0. The molecule has 2 atom stereocenters. The Balaban J connectivity index is 1.57. The van der Waals surface area contributed by atoms with Crippen molar-refractivity contribution in [1.82, 2.24) is 0 Å². The number of alkyl halides is 3. The van der Waals surface area contributed by atoms with Crippen LogP contribution in [0.4, 0.5) is 18.9 Å². The van der Waals surface area contributed by atoms with Gasteiger partial charge in [-0.1, -0.05) is 13.0 Å². The minimum Gasteiger partial charge on any atom is -0.326 e. The van der Waals surface area contributed by atoms with Gasteiger partial charge in [0, 0.05) is 5.69 Å². The molecule has 1 amide bonds. The second kappa shape index (κ2) is 4.99. The molecule has 24 heavy (non-hydrogen) atoms. The van der Waals surface area contributed by atoms with Gasteiger partial charge in [-0.25, -0.2) is 0 Å². The van der Waals surface area contributed by atoms with Crippen LogP contribution in [0.25, 0.3) is 0 Å². The number of amides is 1. The van der Waals surface area contributed by atoms with Crippen molar-refractivity contribution in [2.24, 2.45) is 22.7 Å². The van der Waals surface area contributed by atoms with Crippen LogP contribution in [-0.2, 0) is 11.0 Å². The lowest BCUT2D eigenvalue weighted by Gasteiger charge is -2.60. The summed E-state index contributed by atoms with van der Waals surface area (Å²) in [5.41, 5.74) is -0.629. The van der Waals surface area contributed by atoms with Gasteiger partial charge >= 0.3 is 6.18 Å². The number of halogens is 3. The third-order valence-corrected chi connectivity index (χ3v) is 6.28. The zero-order valence-electron chi connectivity index (χ0n) is 13.7. The largest absolute Gasteiger partial charge is 0.416 e. The molecule has 4 bridgehead atoms. The van der Waals surface area contributed by atoms with Crippen LogP contribution in [0.15, 0.2) is 24.3 Å². The average Bonchev–Trinajstić information content (AvgIpc) is 2.44. The summed E-state index contributed by atoms with van der Waals surface area (Å²) >= 11 is 0. The second-order valence-electron chi connectivity index (χ2n) is 8.58. The fraction of sp³-hybridized carbons (Fsp3) is 0.632. The van der Waals surface area contributed by atoms with Crippen molar-refractivity contribution in [3.8, 4) is 0 Å². The van der Waals surface area contributed by atoms with Crippen molar-refractivity contribution < 1.29 is 18.0 Å². The topological polar surface area (TPSA) is 29.1 Å². The number of benzene rings is 1. The molecule has 5 heteroatoms. The molecule has 4 aliphatic carbocycles. The number of carbonyl (C=O) groups excluding carboxylic acids is 1. The van der Waals surface area contributed by atoms with Crippen molar-refractivity contribution in [1.29, 1.82) is 0 Å². The molecule has 4 saturated carbocycles. The van der Waals surface area contributed by atoms with Crippen molar-refractivity contribution in [2.45, 2.75) is 51.6 Å². The van der Waals surface area contributed by atoms with Crippen LogP contribution in [0.2, 0.25) is 0 Å². The number of rotatable bonds is 2. The minimum absolute atomic E-state index is 0.0813. The van der Waals surface area contributed by atoms with E-state index in [4.69, 9.17) is 0 Å². The quantitative estimate of drug-likeness (QED) is 0.784. The predicted octanol–water partition coefficient (Wildman–Crippen LogP) is 5.25. The Kier molecular flexibility index (Phi) is 3.32. The molecule has 1 aromatic rings. The van der Waals surface area contributed by atoms with Gasteiger partial charge in [0.05, 0.1) is 11.0 Å². The van der Waals surface area contributed by atoms with Gasteiger partial charge in [0.2, 0.25) is 5.91 Å². The van der Waals surface area contributed by atoms with E-state index in [1.165, 1.54) is 31.4 Å². The van der Waals surface area contributed by atoms with Gasteiger partial charge in [-0.2, -0.15) is 13.2 Å². The smallest absolute Gasteiger partial charge is 0.326 e. The molecule has 0 spiro atoms. The summed E-state index contributed by atoms with van der Waals surface area (Å²) in [6, 6.07) is 4.94. The van der Waals surface area contributed by atoms with E-state index in [0.717, 1.165) is 31.4 Å². The molecule has 0 aliphatic heterocycles. The van der Waals surface area contributed by atoms with Gasteiger partial charge < -0.3 is 5.32 Å². The summed E-state index contributed by atoms with van der Waals surface area (Å²) in [6.45, 7) is 2.27. The van der Waals surface area contributed by atoms with Gasteiger partial charge in [-0.15, -0.1) is 0 Å². The Bertz CT molecular complexity index is 667. The van der Waals surface area contributed by atoms with Crippen molar-refractivity contribution in [3.63, 3.8) is 0 Å². The zero-order valence-corrected chi connectivity index (χ0v) is 13.7. The van der Waals surface area contributed by atoms with E-state index in [1.54, 1.807) is 0 Å². The number of hydrogen-bond donors (Lipinski definition) is 1. The number of carbonyl (C=O) groups is 1. The van der Waals surface area contributed by atoms with E-state index >= 15 is 0 Å². The van der Waals surface area contributed by atoms with Crippen molar-refractivity contribution in [3.05, 3.63) is 29.8 Å². The predicted molar refractivity (Wildman–Crippen MR) is 85.3 cm³/mol. The van der Waals surface area contributed by atoms with Crippen LogP contribution in [-0.4, -0.2) is 5.91 Å². The maximum absolute atomic E-state index is 13.0. The Morgan fingerprint density at radius 1 is 1.17 bits per heavy atom. The fourth-order valence-corrected chi connectivity index (χ4v) is 6.02. The van der Waals surface area contributed by atoms with E-state index in [2.05, 4.69) is 12.2 Å². The molecule has 0 saturated heterocycles. The normalized spacial score (nSPS) is 37.5. The highest BCUT2D eigenvalue weighted by Crippen LogP contribution is 2.65. The van der Waals surface area contributed by atoms with Gasteiger partial charge in [0.1, 0.15) is 0 Å². The first-order valence-electron chi connectivity index (χ1n) is 8.66. The first kappa shape index (κ1) is 16.0. The zero-order chi connectivity index (χ0) is 17.2. The number of hydrogen-bond acceptors (Lipinski definition) is 1. The standard InChI is InChI=1S/C19H22F3NO/c1-17-7-12-5-13(8-17)10-18(9-12,11-17)16(24)23-15-4-2-3-14(6-15)19(20,21)22/h2-4,6,12-13H,5,7-11H2,1H3,(H,23,24). The molecule has 5 rings (SSSR count). The van der Waals surface area contributed by atoms with Gasteiger partial charge in [-0.05, 0) is 74.0 Å². The molecule has 0 heterocycles. The van der Waals surface area contributed by atoms with Crippen LogP contribution in [0, 0.1) is 22.7 Å². The molecule has 4 aliphatic rings. The first-order valence-corrected chi connectivity index (χ1v) is 8.66. The second-order valence-corrected chi connectivity index (χ2v) is 8.58. The Hall–Kier alpha value is -1.52. The first-order chi connectivity index (χ1) is 11.2. The Morgan fingerprint density at radius 3 is 2.42 bits per heavy atom. The summed E-state index contributed by atoms with van der Waals surface area (Å²) in [6.07, 6.45) is 1.87. The Labute approximate surface area is 139 Å². The highest BCUT2D eigenvalue weighted by atomic mass is 19.4. The van der Waals surface area contributed by atoms with Crippen LogP contribution in [0.5, 0.6) is 0 Å². The lowest BCUT2D eigenvalue weighted by atomic mass is 9.44. The van der Waals surface area contributed by atoms with Crippen molar-refractivity contribution >= 4 is 11.6 Å². The molecule has 2 unspecified atom stereocenters. The highest BCUT2D eigenvalue weighted by Gasteiger charge is 2.58. The summed E-state index contributed by atoms with van der Waals surface area (Å²) < 4.78 is 38.6. The monoisotopic (exact) mass is 337 g/mol. The van der Waals surface area contributed by atoms with Crippen LogP contribution in [0.1, 0.15) is 51.0 Å². The third-order valence-electron chi connectivity index (χ3n) is 6.28. The van der Waals surface area contributed by atoms with Crippen molar-refractivity contribution in [2.75, 3.05) is 5.32 Å². The van der Waals surface area contributed by atoms with Gasteiger partial charge in [0.15, 0.2) is 0 Å². The molecular formula is C19H22F3NO. The molecular weight excluding hydrogens is 315 g/mol. The molecule has 4 fully saturated rings. The third kappa shape index (κ3) is 2.62. The lowest BCUT2D eigenvalue weighted by Crippen LogP contribution is -2.55. The molecule has 0 aromatic heterocycles. The van der Waals surface area contributed by atoms with E-state index < -0.39 is 11.7 Å². The summed E-state index contributed by atoms with van der Waals surface area (Å²) in [4.78, 5) is 13.0. The summed E-state index contributed by atoms with van der Waals surface area (Å²) in [5, 5.41) is 2.79. The van der Waals surface area contributed by atoms with E-state index in [9.17, 15) is 18.0 Å². The van der Waals surface area contributed by atoms with Crippen LogP contribution < -0.4 is 5.32 Å². The molecule has 2 nitrogen and oxygen atoms in total. The van der Waals surface area contributed by atoms with E-state index in [1.807, 2.05) is 0 Å². The molecule has 1 aromatic carbocycles. The van der Waals surface area contributed by atoms with Crippen LogP contribution in [0.3, 0.4) is 0 Å². The maximum Gasteiger partial charge on any atom is 0.416 e. The van der Waals surface area contributed by atoms with Gasteiger partial charge in [0.25, 0.3) is 0 Å². The SMILES string of the molecule is CC12CC3CC(C1)CC(C(=O)Nc1cccc(C(F)(F)F)c1)(C3)C2. The minimum atomic E-state index is -4.39. The summed E-state index contributed by atoms with van der Waals surface area (Å²) in [7, 11) is 0. The molecule has 1 N–H and O–H groups in total. The lowest BCUT2D eigenvalue weighted by molar-refractivity contribution is -0.149. The fourth-order valence-electron chi connectivity index (χ4n) is 6.02. The molecule has 0 radical (unpaired) electrons. The number of nitrogens with one attached hydrogen (secondary N) is 1.